The number of piperazine rings is 1. The highest BCUT2D eigenvalue weighted by Gasteiger charge is 2.41. The van der Waals surface area contributed by atoms with Gasteiger partial charge >= 0.3 is 5.97 Å². The summed E-state index contributed by atoms with van der Waals surface area (Å²) >= 11 is 0. The van der Waals surface area contributed by atoms with E-state index in [0.717, 1.165) is 39.1 Å². The number of aliphatic carboxylic acids is 1. The van der Waals surface area contributed by atoms with Crippen LogP contribution in [0.25, 0.3) is 0 Å². The highest BCUT2D eigenvalue weighted by Crippen LogP contribution is 2.38. The van der Waals surface area contributed by atoms with Gasteiger partial charge in [-0.25, -0.2) is 0 Å². The lowest BCUT2D eigenvalue weighted by Gasteiger charge is -2.27. The maximum atomic E-state index is 12.3. The van der Waals surface area contributed by atoms with Crippen molar-refractivity contribution in [1.82, 2.24) is 15.5 Å². The van der Waals surface area contributed by atoms with Gasteiger partial charge in [0.1, 0.15) is 0 Å². The summed E-state index contributed by atoms with van der Waals surface area (Å²) in [4.78, 5) is 25.9. The SMILES string of the molecule is CCC1C[C@H](C(=O)NCCN2CCNCC2)[C@H](C(=O)O)C1. The van der Waals surface area contributed by atoms with Gasteiger partial charge < -0.3 is 15.7 Å². The predicted octanol–water partition coefficient (Wildman–Crippen LogP) is 0.145. The van der Waals surface area contributed by atoms with Crippen molar-refractivity contribution in [2.45, 2.75) is 26.2 Å². The molecule has 2 aliphatic rings. The van der Waals surface area contributed by atoms with Gasteiger partial charge in [0.2, 0.25) is 5.91 Å². The Hall–Kier alpha value is -1.14. The summed E-state index contributed by atoms with van der Waals surface area (Å²) in [6.07, 6.45) is 2.31. The number of nitrogens with zero attached hydrogens (tertiary/aromatic N) is 1. The summed E-state index contributed by atoms with van der Waals surface area (Å²) < 4.78 is 0. The third-order valence-electron chi connectivity index (χ3n) is 4.83. The highest BCUT2D eigenvalue weighted by atomic mass is 16.4. The molecule has 2 rings (SSSR count). The number of carboxylic acid groups (broad SMARTS) is 1. The second-order valence-electron chi connectivity index (χ2n) is 6.18. The second-order valence-corrected chi connectivity index (χ2v) is 6.18. The van der Waals surface area contributed by atoms with Crippen LogP contribution in [0.1, 0.15) is 26.2 Å². The van der Waals surface area contributed by atoms with Crippen LogP contribution in [-0.4, -0.2) is 61.2 Å². The molecule has 1 unspecified atom stereocenters. The smallest absolute Gasteiger partial charge is 0.307 e. The third-order valence-corrected chi connectivity index (χ3v) is 4.83. The average Bonchev–Trinajstić information content (AvgIpc) is 2.93. The van der Waals surface area contributed by atoms with Crippen molar-refractivity contribution in [3.63, 3.8) is 0 Å². The Bertz CT molecular complexity index is 369. The molecule has 2 fully saturated rings. The van der Waals surface area contributed by atoms with Crippen molar-refractivity contribution < 1.29 is 14.7 Å². The zero-order chi connectivity index (χ0) is 15.2. The first-order valence-corrected chi connectivity index (χ1v) is 8.05. The number of hydrogen-bond donors (Lipinski definition) is 3. The summed E-state index contributed by atoms with van der Waals surface area (Å²) in [5.74, 6) is -1.39. The van der Waals surface area contributed by atoms with Crippen molar-refractivity contribution in [1.29, 1.82) is 0 Å². The monoisotopic (exact) mass is 297 g/mol. The summed E-state index contributed by atoms with van der Waals surface area (Å²) in [6, 6.07) is 0. The van der Waals surface area contributed by atoms with Crippen LogP contribution in [0.15, 0.2) is 0 Å². The maximum Gasteiger partial charge on any atom is 0.307 e. The molecule has 0 bridgehead atoms. The molecule has 1 aliphatic heterocycles. The van der Waals surface area contributed by atoms with E-state index < -0.39 is 11.9 Å². The van der Waals surface area contributed by atoms with E-state index in [9.17, 15) is 14.7 Å². The standard InChI is InChI=1S/C15H27N3O3/c1-2-11-9-12(13(10-11)15(20)21)14(19)17-5-8-18-6-3-16-4-7-18/h11-13,16H,2-10H2,1H3,(H,17,19)(H,20,21)/t11?,12-,13+/m0/s1. The number of carboxylic acids is 1. The largest absolute Gasteiger partial charge is 0.481 e. The van der Waals surface area contributed by atoms with Gasteiger partial charge in [0.15, 0.2) is 0 Å². The fraction of sp³-hybridized carbons (Fsp3) is 0.867. The number of nitrogens with one attached hydrogen (secondary N) is 2. The number of carbonyl (C=O) groups excluding carboxylic acids is 1. The van der Waals surface area contributed by atoms with Crippen LogP contribution >= 0.6 is 0 Å². The lowest BCUT2D eigenvalue weighted by molar-refractivity contribution is -0.146. The second kappa shape index (κ2) is 7.75. The lowest BCUT2D eigenvalue weighted by atomic mass is 9.95. The van der Waals surface area contributed by atoms with Crippen LogP contribution in [0.5, 0.6) is 0 Å². The third kappa shape index (κ3) is 4.41. The van der Waals surface area contributed by atoms with Crippen molar-refractivity contribution in [3.05, 3.63) is 0 Å². The number of hydrogen-bond acceptors (Lipinski definition) is 4. The normalized spacial score (nSPS) is 30.2. The minimum absolute atomic E-state index is 0.0755. The first-order chi connectivity index (χ1) is 10.1. The molecule has 1 saturated heterocycles. The van der Waals surface area contributed by atoms with Crippen LogP contribution in [0.3, 0.4) is 0 Å². The molecule has 1 heterocycles. The molecule has 120 valence electrons. The molecule has 3 N–H and O–H groups in total. The fourth-order valence-electron chi connectivity index (χ4n) is 3.44. The summed E-state index contributed by atoms with van der Waals surface area (Å²) in [7, 11) is 0. The van der Waals surface area contributed by atoms with Gasteiger partial charge in [-0.15, -0.1) is 0 Å². The van der Waals surface area contributed by atoms with Gasteiger partial charge in [-0.3, -0.25) is 14.5 Å². The molecule has 21 heavy (non-hydrogen) atoms. The van der Waals surface area contributed by atoms with E-state index in [1.807, 2.05) is 0 Å². The summed E-state index contributed by atoms with van der Waals surface area (Å²) in [6.45, 7) is 7.53. The van der Waals surface area contributed by atoms with E-state index in [0.29, 0.717) is 25.3 Å². The van der Waals surface area contributed by atoms with Gasteiger partial charge in [-0.2, -0.15) is 0 Å². The highest BCUT2D eigenvalue weighted by molar-refractivity contribution is 5.85. The maximum absolute atomic E-state index is 12.3. The summed E-state index contributed by atoms with van der Waals surface area (Å²) in [5, 5.41) is 15.5. The molecule has 0 aromatic heterocycles. The van der Waals surface area contributed by atoms with Crippen LogP contribution in [-0.2, 0) is 9.59 Å². The lowest BCUT2D eigenvalue weighted by Crippen LogP contribution is -2.47. The molecule has 6 nitrogen and oxygen atoms in total. The Balaban J connectivity index is 1.77. The minimum Gasteiger partial charge on any atom is -0.481 e. The van der Waals surface area contributed by atoms with E-state index in [2.05, 4.69) is 22.5 Å². The average molecular weight is 297 g/mol. The summed E-state index contributed by atoms with van der Waals surface area (Å²) in [5.41, 5.74) is 0. The van der Waals surface area contributed by atoms with Crippen molar-refractivity contribution in [3.8, 4) is 0 Å². The van der Waals surface area contributed by atoms with E-state index in [-0.39, 0.29) is 11.8 Å². The van der Waals surface area contributed by atoms with Crippen molar-refractivity contribution in [2.24, 2.45) is 17.8 Å². The van der Waals surface area contributed by atoms with Crippen LogP contribution < -0.4 is 10.6 Å². The topological polar surface area (TPSA) is 81.7 Å². The molecule has 0 spiro atoms. The van der Waals surface area contributed by atoms with Gasteiger partial charge in [0, 0.05) is 39.3 Å². The predicted molar refractivity (Wildman–Crippen MR) is 80.0 cm³/mol. The van der Waals surface area contributed by atoms with Crippen LogP contribution in [0.4, 0.5) is 0 Å². The number of amides is 1. The van der Waals surface area contributed by atoms with E-state index >= 15 is 0 Å². The minimum atomic E-state index is -0.826. The zero-order valence-electron chi connectivity index (χ0n) is 12.8. The Morgan fingerprint density at radius 2 is 1.90 bits per heavy atom. The Kier molecular flexibility index (Phi) is 5.99. The Morgan fingerprint density at radius 3 is 2.52 bits per heavy atom. The molecule has 0 radical (unpaired) electrons. The van der Waals surface area contributed by atoms with Gasteiger partial charge in [0.25, 0.3) is 0 Å². The molecular weight excluding hydrogens is 270 g/mol. The van der Waals surface area contributed by atoms with Crippen molar-refractivity contribution >= 4 is 11.9 Å². The first kappa shape index (κ1) is 16.2. The number of carbonyl (C=O) groups is 2. The molecular formula is C15H27N3O3. The van der Waals surface area contributed by atoms with Crippen molar-refractivity contribution in [2.75, 3.05) is 39.3 Å². The van der Waals surface area contributed by atoms with E-state index in [1.54, 1.807) is 0 Å². The molecule has 1 saturated carbocycles. The van der Waals surface area contributed by atoms with E-state index in [1.165, 1.54) is 0 Å². The van der Waals surface area contributed by atoms with Crippen LogP contribution in [0, 0.1) is 17.8 Å². The Labute approximate surface area is 126 Å². The molecule has 3 atom stereocenters. The van der Waals surface area contributed by atoms with E-state index in [4.69, 9.17) is 0 Å². The van der Waals surface area contributed by atoms with Gasteiger partial charge in [-0.1, -0.05) is 13.3 Å². The number of rotatable bonds is 6. The zero-order valence-corrected chi connectivity index (χ0v) is 12.8. The Morgan fingerprint density at radius 1 is 1.24 bits per heavy atom. The van der Waals surface area contributed by atoms with Gasteiger partial charge in [-0.05, 0) is 18.8 Å². The molecule has 6 heteroatoms. The molecule has 1 aliphatic carbocycles. The van der Waals surface area contributed by atoms with Crippen LogP contribution in [0.2, 0.25) is 0 Å². The fourth-order valence-corrected chi connectivity index (χ4v) is 3.44. The molecule has 1 amide bonds. The molecule has 0 aromatic carbocycles. The molecule has 0 aromatic rings. The quantitative estimate of drug-likeness (QED) is 0.650. The van der Waals surface area contributed by atoms with Gasteiger partial charge in [0.05, 0.1) is 11.8 Å². The first-order valence-electron chi connectivity index (χ1n) is 8.05.